The molecule has 0 amide bonds. The van der Waals surface area contributed by atoms with Crippen molar-refractivity contribution in [3.63, 3.8) is 0 Å². The smallest absolute Gasteiger partial charge is 0.0522 e. The zero-order valence-corrected chi connectivity index (χ0v) is 12.2. The van der Waals surface area contributed by atoms with Crippen LogP contribution in [0.25, 0.3) is 0 Å². The Kier molecular flexibility index (Phi) is 5.98. The minimum atomic E-state index is 0.907. The van der Waals surface area contributed by atoms with Crippen LogP contribution in [0.3, 0.4) is 0 Å². The molecule has 102 valence electrons. The molecule has 0 aliphatic carbocycles. The molecule has 1 heterocycles. The average molecular weight is 275 g/mol. The molecule has 0 saturated heterocycles. The number of nitrogens with zero attached hydrogens (tertiary/aromatic N) is 2. The van der Waals surface area contributed by atoms with Crippen LogP contribution in [-0.4, -0.2) is 22.1 Å². The van der Waals surface area contributed by atoms with Gasteiger partial charge < -0.3 is 5.32 Å². The van der Waals surface area contributed by atoms with Crippen LogP contribution in [0.4, 0.5) is 0 Å². The molecule has 1 N–H and O–H groups in total. The van der Waals surface area contributed by atoms with Crippen molar-refractivity contribution >= 4 is 11.8 Å². The van der Waals surface area contributed by atoms with Crippen molar-refractivity contribution < 1.29 is 0 Å². The summed E-state index contributed by atoms with van der Waals surface area (Å²) in [7, 11) is 0. The molecule has 0 atom stereocenters. The summed E-state index contributed by atoms with van der Waals surface area (Å²) >= 11 is 1.87. The van der Waals surface area contributed by atoms with Gasteiger partial charge in [0.1, 0.15) is 0 Å². The SMILES string of the molecule is CCCNCc1ccnn1CCSc1ccccc1. The summed E-state index contributed by atoms with van der Waals surface area (Å²) in [5.74, 6) is 1.05. The molecule has 0 aliphatic heterocycles. The van der Waals surface area contributed by atoms with Gasteiger partial charge in [0.05, 0.1) is 12.2 Å². The Balaban J connectivity index is 1.78. The first kappa shape index (κ1) is 14.2. The zero-order valence-electron chi connectivity index (χ0n) is 11.4. The summed E-state index contributed by atoms with van der Waals surface area (Å²) in [6.45, 7) is 5.10. The summed E-state index contributed by atoms with van der Waals surface area (Å²) < 4.78 is 2.10. The quantitative estimate of drug-likeness (QED) is 0.593. The van der Waals surface area contributed by atoms with Crippen LogP contribution in [0.2, 0.25) is 0 Å². The van der Waals surface area contributed by atoms with E-state index >= 15 is 0 Å². The highest BCUT2D eigenvalue weighted by Gasteiger charge is 2.02. The van der Waals surface area contributed by atoms with E-state index in [4.69, 9.17) is 0 Å². The lowest BCUT2D eigenvalue weighted by atomic mass is 10.4. The second kappa shape index (κ2) is 8.02. The molecule has 2 aromatic rings. The molecule has 0 unspecified atom stereocenters. The Bertz CT molecular complexity index is 467. The van der Waals surface area contributed by atoms with Gasteiger partial charge in [0.2, 0.25) is 0 Å². The van der Waals surface area contributed by atoms with E-state index in [-0.39, 0.29) is 0 Å². The minimum Gasteiger partial charge on any atom is -0.311 e. The fourth-order valence-electron chi connectivity index (χ4n) is 1.87. The molecule has 1 aromatic heterocycles. The summed E-state index contributed by atoms with van der Waals surface area (Å²) in [6, 6.07) is 12.6. The van der Waals surface area contributed by atoms with Crippen LogP contribution >= 0.6 is 11.8 Å². The summed E-state index contributed by atoms with van der Waals surface area (Å²) in [6.07, 6.45) is 3.05. The number of rotatable bonds is 8. The van der Waals surface area contributed by atoms with Crippen LogP contribution < -0.4 is 5.32 Å². The van der Waals surface area contributed by atoms with Crippen LogP contribution in [0, 0.1) is 0 Å². The third-order valence-electron chi connectivity index (χ3n) is 2.85. The van der Waals surface area contributed by atoms with E-state index in [9.17, 15) is 0 Å². The van der Waals surface area contributed by atoms with Gasteiger partial charge in [-0.2, -0.15) is 5.10 Å². The van der Waals surface area contributed by atoms with Gasteiger partial charge in [-0.3, -0.25) is 4.68 Å². The largest absolute Gasteiger partial charge is 0.311 e. The second-order valence-corrected chi connectivity index (χ2v) is 5.55. The van der Waals surface area contributed by atoms with Crippen molar-refractivity contribution in [1.29, 1.82) is 0 Å². The van der Waals surface area contributed by atoms with E-state index in [1.165, 1.54) is 10.6 Å². The maximum Gasteiger partial charge on any atom is 0.0522 e. The molecule has 4 heteroatoms. The van der Waals surface area contributed by atoms with Gasteiger partial charge >= 0.3 is 0 Å². The fourth-order valence-corrected chi connectivity index (χ4v) is 2.72. The van der Waals surface area contributed by atoms with Gasteiger partial charge in [-0.05, 0) is 31.2 Å². The molecule has 0 aliphatic rings. The first-order valence-electron chi connectivity index (χ1n) is 6.79. The van der Waals surface area contributed by atoms with E-state index in [1.54, 1.807) is 0 Å². The maximum absolute atomic E-state index is 4.39. The van der Waals surface area contributed by atoms with Crippen molar-refractivity contribution in [3.05, 3.63) is 48.3 Å². The van der Waals surface area contributed by atoms with Crippen molar-refractivity contribution in [2.24, 2.45) is 0 Å². The molecule has 0 radical (unpaired) electrons. The van der Waals surface area contributed by atoms with Gasteiger partial charge in [0, 0.05) is 23.4 Å². The lowest BCUT2D eigenvalue weighted by Crippen LogP contribution is -2.18. The van der Waals surface area contributed by atoms with Gasteiger partial charge in [0.25, 0.3) is 0 Å². The Morgan fingerprint density at radius 1 is 1.21 bits per heavy atom. The minimum absolute atomic E-state index is 0.907. The van der Waals surface area contributed by atoms with Crippen molar-refractivity contribution in [1.82, 2.24) is 15.1 Å². The number of hydrogen-bond acceptors (Lipinski definition) is 3. The monoisotopic (exact) mass is 275 g/mol. The fraction of sp³-hybridized carbons (Fsp3) is 0.400. The molecule has 0 fully saturated rings. The Morgan fingerprint density at radius 2 is 2.05 bits per heavy atom. The Hall–Kier alpha value is -1.26. The first-order valence-corrected chi connectivity index (χ1v) is 7.78. The van der Waals surface area contributed by atoms with Crippen molar-refractivity contribution in [2.75, 3.05) is 12.3 Å². The van der Waals surface area contributed by atoms with E-state index in [1.807, 2.05) is 18.0 Å². The topological polar surface area (TPSA) is 29.9 Å². The molecule has 2 rings (SSSR count). The van der Waals surface area contributed by atoms with Gasteiger partial charge in [-0.15, -0.1) is 11.8 Å². The number of benzene rings is 1. The average Bonchev–Trinajstić information content (AvgIpc) is 2.88. The molecule has 19 heavy (non-hydrogen) atoms. The highest BCUT2D eigenvalue weighted by atomic mass is 32.2. The highest BCUT2D eigenvalue weighted by molar-refractivity contribution is 7.99. The first-order chi connectivity index (χ1) is 9.40. The molecule has 0 spiro atoms. The predicted molar refractivity (Wildman–Crippen MR) is 81.4 cm³/mol. The van der Waals surface area contributed by atoms with Gasteiger partial charge in [-0.25, -0.2) is 0 Å². The van der Waals surface area contributed by atoms with Crippen LogP contribution in [0.15, 0.2) is 47.5 Å². The number of nitrogens with one attached hydrogen (secondary N) is 1. The molecule has 3 nitrogen and oxygen atoms in total. The third-order valence-corrected chi connectivity index (χ3v) is 3.84. The Labute approximate surface area is 119 Å². The van der Waals surface area contributed by atoms with Crippen molar-refractivity contribution in [2.45, 2.75) is 31.3 Å². The standard InChI is InChI=1S/C15H21N3S/c1-2-9-16-13-14-8-10-17-18(14)11-12-19-15-6-4-3-5-7-15/h3-8,10,16H,2,9,11-13H2,1H3. The zero-order chi connectivity index (χ0) is 13.3. The summed E-state index contributed by atoms with van der Waals surface area (Å²) in [4.78, 5) is 1.32. The highest BCUT2D eigenvalue weighted by Crippen LogP contribution is 2.17. The number of hydrogen-bond donors (Lipinski definition) is 1. The van der Waals surface area contributed by atoms with E-state index in [0.717, 1.165) is 31.8 Å². The number of aryl methyl sites for hydroxylation is 1. The Morgan fingerprint density at radius 3 is 2.84 bits per heavy atom. The maximum atomic E-state index is 4.39. The van der Waals surface area contributed by atoms with Crippen molar-refractivity contribution in [3.8, 4) is 0 Å². The normalized spacial score (nSPS) is 10.8. The lowest BCUT2D eigenvalue weighted by Gasteiger charge is -2.08. The molecular weight excluding hydrogens is 254 g/mol. The van der Waals surface area contributed by atoms with Gasteiger partial charge in [-0.1, -0.05) is 25.1 Å². The van der Waals surface area contributed by atoms with Crippen LogP contribution in [-0.2, 0) is 13.1 Å². The van der Waals surface area contributed by atoms with Crippen LogP contribution in [0.5, 0.6) is 0 Å². The molecular formula is C15H21N3S. The van der Waals surface area contributed by atoms with Gasteiger partial charge in [0.15, 0.2) is 0 Å². The van der Waals surface area contributed by atoms with Crippen LogP contribution in [0.1, 0.15) is 19.0 Å². The molecule has 0 saturated carbocycles. The summed E-state index contributed by atoms with van der Waals surface area (Å²) in [5.41, 5.74) is 1.27. The van der Waals surface area contributed by atoms with E-state index in [2.05, 4.69) is 58.4 Å². The number of aromatic nitrogens is 2. The second-order valence-electron chi connectivity index (χ2n) is 4.38. The molecule has 0 bridgehead atoms. The molecule has 1 aromatic carbocycles. The summed E-state index contributed by atoms with van der Waals surface area (Å²) in [5, 5.41) is 7.81. The predicted octanol–water partition coefficient (Wildman–Crippen LogP) is 3.18. The third kappa shape index (κ3) is 4.73. The number of thioether (sulfide) groups is 1. The van der Waals surface area contributed by atoms with E-state index in [0.29, 0.717) is 0 Å². The lowest BCUT2D eigenvalue weighted by molar-refractivity contribution is 0.583. The van der Waals surface area contributed by atoms with E-state index < -0.39 is 0 Å².